The number of amides is 1. The Labute approximate surface area is 139 Å². The molecule has 0 unspecified atom stereocenters. The van der Waals surface area contributed by atoms with E-state index in [9.17, 15) is 4.79 Å². The summed E-state index contributed by atoms with van der Waals surface area (Å²) in [6, 6.07) is 11.1. The van der Waals surface area contributed by atoms with E-state index in [2.05, 4.69) is 9.97 Å². The number of rotatable bonds is 3. The predicted molar refractivity (Wildman–Crippen MR) is 87.8 cm³/mol. The van der Waals surface area contributed by atoms with Gasteiger partial charge in [-0.1, -0.05) is 12.1 Å². The first-order valence-corrected chi connectivity index (χ1v) is 8.01. The molecule has 0 atom stereocenters. The van der Waals surface area contributed by atoms with Gasteiger partial charge in [0.05, 0.1) is 23.5 Å². The summed E-state index contributed by atoms with van der Waals surface area (Å²) in [6.45, 7) is 1.29. The smallest absolute Gasteiger partial charge is 0.289 e. The minimum absolute atomic E-state index is 0.0427. The molecule has 1 fully saturated rings. The van der Waals surface area contributed by atoms with E-state index >= 15 is 0 Å². The summed E-state index contributed by atoms with van der Waals surface area (Å²) in [7, 11) is 0. The molecule has 0 radical (unpaired) electrons. The molecule has 1 saturated heterocycles. The number of nitrogens with zero attached hydrogens (tertiary/aromatic N) is 3. The summed E-state index contributed by atoms with van der Waals surface area (Å²) in [5.41, 5.74) is 1.67. The van der Waals surface area contributed by atoms with Crippen LogP contribution in [0.1, 0.15) is 23.4 Å². The van der Waals surface area contributed by atoms with Crippen LogP contribution in [0.2, 0.25) is 0 Å². The van der Waals surface area contributed by atoms with Crippen molar-refractivity contribution < 1.29 is 13.9 Å². The average molecular weight is 323 g/mol. The standard InChI is InChI=1S/C18H17N3O3/c22-18(16-6-3-11-23-16)21-9-7-13(8-10-21)24-17-12-19-14-4-1-2-5-15(14)20-17/h1-6,11-13H,7-10H2. The SMILES string of the molecule is O=C(c1ccco1)N1CCC(Oc2cnc3ccccc3n2)CC1. The first-order valence-electron chi connectivity index (χ1n) is 8.01. The van der Waals surface area contributed by atoms with Gasteiger partial charge in [0.25, 0.3) is 5.91 Å². The number of hydrogen-bond donors (Lipinski definition) is 0. The molecule has 6 heteroatoms. The van der Waals surface area contributed by atoms with Crippen LogP contribution in [0, 0.1) is 0 Å². The van der Waals surface area contributed by atoms with Gasteiger partial charge in [-0.15, -0.1) is 0 Å². The fourth-order valence-electron chi connectivity index (χ4n) is 2.90. The molecule has 1 aliphatic rings. The molecule has 24 heavy (non-hydrogen) atoms. The second kappa shape index (κ2) is 6.31. The Balaban J connectivity index is 1.38. The molecule has 122 valence electrons. The van der Waals surface area contributed by atoms with Crippen molar-refractivity contribution in [1.29, 1.82) is 0 Å². The van der Waals surface area contributed by atoms with Crippen LogP contribution in [0.4, 0.5) is 0 Å². The van der Waals surface area contributed by atoms with Gasteiger partial charge in [0.15, 0.2) is 5.76 Å². The van der Waals surface area contributed by atoms with Crippen LogP contribution in [-0.4, -0.2) is 40.0 Å². The molecular weight excluding hydrogens is 306 g/mol. The Morgan fingerprint density at radius 3 is 2.67 bits per heavy atom. The van der Waals surface area contributed by atoms with Crippen molar-refractivity contribution in [2.24, 2.45) is 0 Å². The highest BCUT2D eigenvalue weighted by molar-refractivity contribution is 5.91. The number of carbonyl (C=O) groups is 1. The van der Waals surface area contributed by atoms with Crippen LogP contribution in [-0.2, 0) is 0 Å². The molecule has 0 saturated carbocycles. The monoisotopic (exact) mass is 323 g/mol. The van der Waals surface area contributed by atoms with E-state index in [1.54, 1.807) is 23.2 Å². The van der Waals surface area contributed by atoms with Crippen LogP contribution in [0.5, 0.6) is 5.88 Å². The topological polar surface area (TPSA) is 68.5 Å². The third-order valence-electron chi connectivity index (χ3n) is 4.18. The van der Waals surface area contributed by atoms with Gasteiger partial charge < -0.3 is 14.1 Å². The molecule has 0 N–H and O–H groups in total. The molecule has 4 rings (SSSR count). The molecular formula is C18H17N3O3. The molecule has 1 aromatic carbocycles. The number of para-hydroxylation sites is 2. The lowest BCUT2D eigenvalue weighted by Gasteiger charge is -2.31. The number of ether oxygens (including phenoxy) is 1. The highest BCUT2D eigenvalue weighted by Gasteiger charge is 2.26. The van der Waals surface area contributed by atoms with Gasteiger partial charge in [0, 0.05) is 25.9 Å². The number of benzene rings is 1. The molecule has 1 aliphatic heterocycles. The van der Waals surface area contributed by atoms with Crippen molar-refractivity contribution in [3.05, 3.63) is 54.6 Å². The Hall–Kier alpha value is -2.89. The largest absolute Gasteiger partial charge is 0.473 e. The summed E-state index contributed by atoms with van der Waals surface area (Å²) in [5, 5.41) is 0. The predicted octanol–water partition coefficient (Wildman–Crippen LogP) is 2.91. The van der Waals surface area contributed by atoms with Crippen molar-refractivity contribution in [2.45, 2.75) is 18.9 Å². The van der Waals surface area contributed by atoms with Gasteiger partial charge in [-0.25, -0.2) is 9.97 Å². The molecule has 2 aromatic heterocycles. The Bertz CT molecular complexity index is 840. The number of hydrogen-bond acceptors (Lipinski definition) is 5. The van der Waals surface area contributed by atoms with E-state index in [1.165, 1.54) is 6.26 Å². The van der Waals surface area contributed by atoms with E-state index in [0.29, 0.717) is 24.7 Å². The Morgan fingerprint density at radius 2 is 1.92 bits per heavy atom. The summed E-state index contributed by atoms with van der Waals surface area (Å²) in [4.78, 5) is 22.9. The first-order chi connectivity index (χ1) is 11.8. The molecule has 1 amide bonds. The van der Waals surface area contributed by atoms with E-state index in [4.69, 9.17) is 9.15 Å². The number of aromatic nitrogens is 2. The third-order valence-corrected chi connectivity index (χ3v) is 4.18. The minimum atomic E-state index is -0.0658. The fourth-order valence-corrected chi connectivity index (χ4v) is 2.90. The van der Waals surface area contributed by atoms with Crippen LogP contribution in [0.15, 0.2) is 53.3 Å². The van der Waals surface area contributed by atoms with E-state index in [-0.39, 0.29) is 12.0 Å². The van der Waals surface area contributed by atoms with Gasteiger partial charge in [0.1, 0.15) is 6.10 Å². The molecule has 0 bridgehead atoms. The second-order valence-corrected chi connectivity index (χ2v) is 5.78. The zero-order valence-corrected chi connectivity index (χ0v) is 13.1. The van der Waals surface area contributed by atoms with E-state index in [0.717, 1.165) is 23.9 Å². The lowest BCUT2D eigenvalue weighted by Crippen LogP contribution is -2.41. The number of carbonyl (C=O) groups excluding carboxylic acids is 1. The van der Waals surface area contributed by atoms with Gasteiger partial charge >= 0.3 is 0 Å². The van der Waals surface area contributed by atoms with Crippen molar-refractivity contribution in [2.75, 3.05) is 13.1 Å². The van der Waals surface area contributed by atoms with Gasteiger partial charge in [-0.05, 0) is 24.3 Å². The maximum Gasteiger partial charge on any atom is 0.289 e. The number of piperidine rings is 1. The van der Waals surface area contributed by atoms with E-state index < -0.39 is 0 Å². The summed E-state index contributed by atoms with van der Waals surface area (Å²) < 4.78 is 11.1. The molecule has 3 heterocycles. The third kappa shape index (κ3) is 2.95. The van der Waals surface area contributed by atoms with Crippen molar-refractivity contribution >= 4 is 16.9 Å². The molecule has 0 aliphatic carbocycles. The number of furan rings is 1. The van der Waals surface area contributed by atoms with Gasteiger partial charge in [-0.2, -0.15) is 0 Å². The Morgan fingerprint density at radius 1 is 1.12 bits per heavy atom. The molecule has 0 spiro atoms. The lowest BCUT2D eigenvalue weighted by molar-refractivity contribution is 0.0559. The highest BCUT2D eigenvalue weighted by Crippen LogP contribution is 2.20. The molecule has 6 nitrogen and oxygen atoms in total. The zero-order chi connectivity index (χ0) is 16.4. The van der Waals surface area contributed by atoms with Gasteiger partial charge in [-0.3, -0.25) is 4.79 Å². The maximum absolute atomic E-state index is 12.2. The second-order valence-electron chi connectivity index (χ2n) is 5.78. The van der Waals surface area contributed by atoms with Crippen LogP contribution < -0.4 is 4.74 Å². The molecule has 3 aromatic rings. The highest BCUT2D eigenvalue weighted by atomic mass is 16.5. The normalized spacial score (nSPS) is 15.6. The fraction of sp³-hybridized carbons (Fsp3) is 0.278. The Kier molecular flexibility index (Phi) is 3.86. The maximum atomic E-state index is 12.2. The summed E-state index contributed by atoms with van der Waals surface area (Å²) in [5.74, 6) is 0.850. The summed E-state index contributed by atoms with van der Waals surface area (Å²) in [6.07, 6.45) is 4.74. The minimum Gasteiger partial charge on any atom is -0.473 e. The van der Waals surface area contributed by atoms with Crippen molar-refractivity contribution in [3.63, 3.8) is 0 Å². The first kappa shape index (κ1) is 14.7. The number of likely N-dealkylation sites (tertiary alicyclic amines) is 1. The lowest BCUT2D eigenvalue weighted by atomic mass is 10.1. The summed E-state index contributed by atoms with van der Waals surface area (Å²) >= 11 is 0. The van der Waals surface area contributed by atoms with Crippen molar-refractivity contribution in [3.8, 4) is 5.88 Å². The van der Waals surface area contributed by atoms with E-state index in [1.807, 2.05) is 24.3 Å². The van der Waals surface area contributed by atoms with Crippen LogP contribution >= 0.6 is 0 Å². The van der Waals surface area contributed by atoms with Crippen LogP contribution in [0.3, 0.4) is 0 Å². The average Bonchev–Trinajstić information content (AvgIpc) is 3.16. The van der Waals surface area contributed by atoms with Gasteiger partial charge in [0.2, 0.25) is 5.88 Å². The quantitative estimate of drug-likeness (QED) is 0.741. The number of fused-ring (bicyclic) bond motifs is 1. The van der Waals surface area contributed by atoms with Crippen molar-refractivity contribution in [1.82, 2.24) is 14.9 Å². The zero-order valence-electron chi connectivity index (χ0n) is 13.1. The van der Waals surface area contributed by atoms with Crippen LogP contribution in [0.25, 0.3) is 11.0 Å².